The smallest absolute Gasteiger partial charge is 0.0796 e. The average Bonchev–Trinajstić information content (AvgIpc) is 2.49. The van der Waals surface area contributed by atoms with Gasteiger partial charge in [-0.25, -0.2) is 4.68 Å². The van der Waals surface area contributed by atoms with Crippen molar-refractivity contribution in [3.63, 3.8) is 0 Å². The molecule has 0 aliphatic carbocycles. The van der Waals surface area contributed by atoms with E-state index in [1.54, 1.807) is 0 Å². The van der Waals surface area contributed by atoms with E-state index in [0.717, 1.165) is 12.1 Å². The van der Waals surface area contributed by atoms with Crippen molar-refractivity contribution < 1.29 is 0 Å². The molecule has 0 atom stereocenters. The molecule has 1 aromatic rings. The van der Waals surface area contributed by atoms with Crippen LogP contribution in [0.4, 0.5) is 0 Å². The summed E-state index contributed by atoms with van der Waals surface area (Å²) in [4.78, 5) is 0. The van der Waals surface area contributed by atoms with Crippen LogP contribution in [0.5, 0.6) is 0 Å². The lowest BCUT2D eigenvalue weighted by atomic mass is 9.86. The Labute approximate surface area is 99.2 Å². The first-order valence-corrected chi connectivity index (χ1v) is 6.10. The van der Waals surface area contributed by atoms with E-state index in [-0.39, 0.29) is 5.54 Å². The topological polar surface area (TPSA) is 30.7 Å². The highest BCUT2D eigenvalue weighted by Gasteiger charge is 2.22. The zero-order chi connectivity index (χ0) is 12.4. The molecule has 0 radical (unpaired) electrons. The summed E-state index contributed by atoms with van der Waals surface area (Å²) in [6, 6.07) is 0. The van der Waals surface area contributed by atoms with Gasteiger partial charge in [-0.15, -0.1) is 5.10 Å². The molecule has 0 fully saturated rings. The Bertz CT molecular complexity index is 331. The normalized spacial score (nSPS) is 13.1. The van der Waals surface area contributed by atoms with E-state index < -0.39 is 0 Å². The molecule has 0 N–H and O–H groups in total. The van der Waals surface area contributed by atoms with Crippen LogP contribution < -0.4 is 0 Å². The number of nitrogens with zero attached hydrogens (tertiary/aromatic N) is 3. The highest BCUT2D eigenvalue weighted by atomic mass is 15.4. The Kier molecular flexibility index (Phi) is 3.76. The molecule has 0 saturated carbocycles. The number of rotatable bonds is 4. The van der Waals surface area contributed by atoms with Crippen LogP contribution in [0.2, 0.25) is 0 Å². The molecule has 0 aromatic carbocycles. The third-order valence-electron chi connectivity index (χ3n) is 2.94. The van der Waals surface area contributed by atoms with Crippen LogP contribution in [-0.4, -0.2) is 15.0 Å². The molecule has 0 bridgehead atoms. The predicted octanol–water partition coefficient (Wildman–Crippen LogP) is 3.54. The zero-order valence-corrected chi connectivity index (χ0v) is 11.5. The molecule has 3 heteroatoms. The maximum Gasteiger partial charge on any atom is 0.0796 e. The fourth-order valence-electron chi connectivity index (χ4n) is 1.81. The number of hydrogen-bond donors (Lipinski definition) is 0. The van der Waals surface area contributed by atoms with E-state index in [2.05, 4.69) is 44.9 Å². The summed E-state index contributed by atoms with van der Waals surface area (Å²) >= 11 is 0. The van der Waals surface area contributed by atoms with Gasteiger partial charge in [-0.1, -0.05) is 32.4 Å². The molecule has 92 valence electrons. The summed E-state index contributed by atoms with van der Waals surface area (Å²) < 4.78 is 1.99. The van der Waals surface area contributed by atoms with E-state index in [4.69, 9.17) is 0 Å². The second-order valence-electron chi connectivity index (χ2n) is 6.53. The summed E-state index contributed by atoms with van der Waals surface area (Å²) in [5.74, 6) is 0. The Morgan fingerprint density at radius 2 is 1.75 bits per heavy atom. The molecular weight excluding hydrogens is 198 g/mol. The Morgan fingerprint density at radius 1 is 1.12 bits per heavy atom. The maximum absolute atomic E-state index is 4.17. The fraction of sp³-hybridized carbons (Fsp3) is 0.846. The van der Waals surface area contributed by atoms with Crippen molar-refractivity contribution in [2.75, 3.05) is 0 Å². The van der Waals surface area contributed by atoms with Crippen LogP contribution in [0.1, 0.15) is 59.6 Å². The molecule has 1 rings (SSSR count). The van der Waals surface area contributed by atoms with Crippen molar-refractivity contribution >= 4 is 0 Å². The van der Waals surface area contributed by atoms with Gasteiger partial charge in [0.1, 0.15) is 0 Å². The third kappa shape index (κ3) is 3.95. The summed E-state index contributed by atoms with van der Waals surface area (Å²) in [5, 5.41) is 8.22. The lowest BCUT2D eigenvalue weighted by Gasteiger charge is -2.26. The van der Waals surface area contributed by atoms with E-state index in [1.165, 1.54) is 12.8 Å². The molecule has 0 spiro atoms. The van der Waals surface area contributed by atoms with Gasteiger partial charge in [0.2, 0.25) is 0 Å². The van der Waals surface area contributed by atoms with Gasteiger partial charge in [0, 0.05) is 6.20 Å². The van der Waals surface area contributed by atoms with Gasteiger partial charge in [0.25, 0.3) is 0 Å². The van der Waals surface area contributed by atoms with Gasteiger partial charge in [-0.05, 0) is 39.0 Å². The molecule has 0 saturated heterocycles. The molecular formula is C13H25N3. The summed E-state index contributed by atoms with van der Waals surface area (Å²) in [6.45, 7) is 13.3. The molecule has 3 nitrogen and oxygen atoms in total. The molecule has 0 amide bonds. The Balaban J connectivity index is 2.52. The van der Waals surface area contributed by atoms with Crippen LogP contribution in [-0.2, 0) is 5.54 Å². The van der Waals surface area contributed by atoms with Crippen LogP contribution in [0, 0.1) is 12.3 Å². The molecule has 0 aliphatic rings. The monoisotopic (exact) mass is 223 g/mol. The first-order valence-electron chi connectivity index (χ1n) is 6.10. The zero-order valence-electron chi connectivity index (χ0n) is 11.5. The van der Waals surface area contributed by atoms with Crippen LogP contribution in [0.25, 0.3) is 0 Å². The largest absolute Gasteiger partial charge is 0.247 e. The third-order valence-corrected chi connectivity index (χ3v) is 2.94. The second kappa shape index (κ2) is 4.56. The quantitative estimate of drug-likeness (QED) is 0.781. The van der Waals surface area contributed by atoms with Crippen molar-refractivity contribution in [1.82, 2.24) is 15.0 Å². The van der Waals surface area contributed by atoms with Crippen molar-refractivity contribution in [2.45, 2.75) is 66.3 Å². The molecule has 1 aromatic heterocycles. The maximum atomic E-state index is 4.17. The van der Waals surface area contributed by atoms with Gasteiger partial charge in [0.15, 0.2) is 0 Å². The number of hydrogen-bond acceptors (Lipinski definition) is 2. The highest BCUT2D eigenvalue weighted by molar-refractivity contribution is 4.91. The van der Waals surface area contributed by atoms with Crippen molar-refractivity contribution in [2.24, 2.45) is 5.41 Å². The summed E-state index contributed by atoms with van der Waals surface area (Å²) in [5.41, 5.74) is 1.49. The number of aromatic nitrogens is 3. The van der Waals surface area contributed by atoms with E-state index >= 15 is 0 Å². The molecule has 0 unspecified atom stereocenters. The fourth-order valence-corrected chi connectivity index (χ4v) is 1.81. The van der Waals surface area contributed by atoms with Gasteiger partial charge < -0.3 is 0 Å². The predicted molar refractivity (Wildman–Crippen MR) is 67.4 cm³/mol. The lowest BCUT2D eigenvalue weighted by Crippen LogP contribution is -2.27. The highest BCUT2D eigenvalue weighted by Crippen LogP contribution is 2.27. The number of aryl methyl sites for hydroxylation is 1. The van der Waals surface area contributed by atoms with Crippen LogP contribution >= 0.6 is 0 Å². The van der Waals surface area contributed by atoms with Crippen LogP contribution in [0.15, 0.2) is 6.20 Å². The van der Waals surface area contributed by atoms with Crippen molar-refractivity contribution in [1.29, 1.82) is 0 Å². The minimum Gasteiger partial charge on any atom is -0.247 e. The van der Waals surface area contributed by atoms with Crippen LogP contribution in [0.3, 0.4) is 0 Å². The lowest BCUT2D eigenvalue weighted by molar-refractivity contribution is 0.256. The SMILES string of the molecule is Cc1cn(C(C)(C)CCCC(C)(C)C)nn1. The molecule has 0 aliphatic heterocycles. The minimum absolute atomic E-state index is 0.0759. The summed E-state index contributed by atoms with van der Waals surface area (Å²) in [6.07, 6.45) is 5.66. The first kappa shape index (κ1) is 13.2. The van der Waals surface area contributed by atoms with Crippen molar-refractivity contribution in [3.05, 3.63) is 11.9 Å². The summed E-state index contributed by atoms with van der Waals surface area (Å²) in [7, 11) is 0. The van der Waals surface area contributed by atoms with Gasteiger partial charge in [-0.2, -0.15) is 0 Å². The van der Waals surface area contributed by atoms with Gasteiger partial charge in [-0.3, -0.25) is 0 Å². The van der Waals surface area contributed by atoms with E-state index in [9.17, 15) is 0 Å². The Hall–Kier alpha value is -0.860. The minimum atomic E-state index is 0.0759. The molecule has 16 heavy (non-hydrogen) atoms. The molecule has 1 heterocycles. The van der Waals surface area contributed by atoms with E-state index in [0.29, 0.717) is 5.41 Å². The van der Waals surface area contributed by atoms with Gasteiger partial charge >= 0.3 is 0 Å². The average molecular weight is 223 g/mol. The van der Waals surface area contributed by atoms with Crippen molar-refractivity contribution in [3.8, 4) is 0 Å². The first-order chi connectivity index (χ1) is 7.21. The second-order valence-corrected chi connectivity index (χ2v) is 6.53. The standard InChI is InChI=1S/C13H25N3/c1-11-10-16(15-14-11)13(5,6)9-7-8-12(2,3)4/h10H,7-9H2,1-6H3. The Morgan fingerprint density at radius 3 is 2.19 bits per heavy atom. The van der Waals surface area contributed by atoms with Gasteiger partial charge in [0.05, 0.1) is 11.2 Å². The van der Waals surface area contributed by atoms with E-state index in [1.807, 2.05) is 17.8 Å².